The van der Waals surface area contributed by atoms with E-state index in [0.717, 1.165) is 10.8 Å². The van der Waals surface area contributed by atoms with Crippen molar-refractivity contribution < 1.29 is 19.3 Å². The topological polar surface area (TPSA) is 105 Å². The van der Waals surface area contributed by atoms with Gasteiger partial charge in [0, 0.05) is 6.20 Å². The van der Waals surface area contributed by atoms with E-state index in [-0.39, 0.29) is 4.47 Å². The van der Waals surface area contributed by atoms with Crippen LogP contribution in [-0.2, 0) is 4.74 Å². The number of aliphatic hydroxyl groups is 2. The van der Waals surface area contributed by atoms with E-state index in [1.807, 2.05) is 4.98 Å². The molecule has 1 aromatic heterocycles. The Morgan fingerprint density at radius 2 is 2.11 bits per heavy atom. The van der Waals surface area contributed by atoms with Gasteiger partial charge in [-0.15, -0.1) is 0 Å². The normalized spacial score (nSPS) is 31.8. The second-order valence-electron chi connectivity index (χ2n) is 3.84. The Labute approximate surface area is 108 Å². The summed E-state index contributed by atoms with van der Waals surface area (Å²) in [5.74, 6) is 0. The van der Waals surface area contributed by atoms with E-state index >= 15 is 0 Å². The van der Waals surface area contributed by atoms with Gasteiger partial charge in [-0.3, -0.25) is 14.3 Å². The maximum atomic E-state index is 12.5. The van der Waals surface area contributed by atoms with Crippen LogP contribution < -0.4 is 11.2 Å². The molecule has 0 spiro atoms. The van der Waals surface area contributed by atoms with Crippen LogP contribution in [0.5, 0.6) is 0 Å². The van der Waals surface area contributed by atoms with Gasteiger partial charge in [-0.1, -0.05) is 0 Å². The fraction of sp³-hybridized carbons (Fsp3) is 0.556. The molecule has 100 valence electrons. The Morgan fingerprint density at radius 3 is 2.67 bits per heavy atom. The molecule has 1 aromatic rings. The Balaban J connectivity index is 2.42. The van der Waals surface area contributed by atoms with Crippen LogP contribution in [0.1, 0.15) is 6.23 Å². The lowest BCUT2D eigenvalue weighted by atomic mass is 10.1. The van der Waals surface area contributed by atoms with Crippen LogP contribution in [0.15, 0.2) is 20.3 Å². The smallest absolute Gasteiger partial charge is 0.330 e. The van der Waals surface area contributed by atoms with Crippen LogP contribution in [0.4, 0.5) is 4.39 Å². The third-order valence-corrected chi connectivity index (χ3v) is 3.25. The van der Waals surface area contributed by atoms with Gasteiger partial charge in [0.2, 0.25) is 0 Å². The van der Waals surface area contributed by atoms with Gasteiger partial charge in [-0.05, 0) is 15.9 Å². The maximum Gasteiger partial charge on any atom is 0.330 e. The summed E-state index contributed by atoms with van der Waals surface area (Å²) in [6.07, 6.45) is -4.23. The van der Waals surface area contributed by atoms with E-state index in [1.165, 1.54) is 0 Å². The van der Waals surface area contributed by atoms with Crippen molar-refractivity contribution in [2.24, 2.45) is 0 Å². The molecular weight excluding hydrogens is 315 g/mol. The molecule has 2 rings (SSSR count). The van der Waals surface area contributed by atoms with Crippen LogP contribution in [0.3, 0.4) is 0 Å². The van der Waals surface area contributed by atoms with Crippen LogP contribution >= 0.6 is 15.9 Å². The summed E-state index contributed by atoms with van der Waals surface area (Å²) >= 11 is 2.92. The number of hydrogen-bond acceptors (Lipinski definition) is 5. The standard InChI is InChI=1S/C9H10BrFN2O5/c10-3-2-13(9(17)12-7(3)16)8-6(15)5(14)4(1-11)18-8/h2,4-6,8,14-15H,1H2,(H,12,16,17)/t4-,5+,6+,8+/m0/s1. The quantitative estimate of drug-likeness (QED) is 0.639. The van der Waals surface area contributed by atoms with E-state index in [1.54, 1.807) is 0 Å². The van der Waals surface area contributed by atoms with Crippen molar-refractivity contribution in [3.05, 3.63) is 31.5 Å². The number of rotatable bonds is 2. The van der Waals surface area contributed by atoms with Crippen molar-refractivity contribution in [1.29, 1.82) is 0 Å². The van der Waals surface area contributed by atoms with Crippen molar-refractivity contribution in [1.82, 2.24) is 9.55 Å². The van der Waals surface area contributed by atoms with Crippen molar-refractivity contribution in [3.63, 3.8) is 0 Å². The number of ether oxygens (including phenoxy) is 1. The Morgan fingerprint density at radius 1 is 1.44 bits per heavy atom. The molecule has 3 N–H and O–H groups in total. The molecule has 9 heteroatoms. The first-order valence-electron chi connectivity index (χ1n) is 5.04. The van der Waals surface area contributed by atoms with Gasteiger partial charge in [0.15, 0.2) is 6.23 Å². The number of aliphatic hydroxyl groups excluding tert-OH is 2. The third-order valence-electron chi connectivity index (χ3n) is 2.69. The SMILES string of the molecule is O=c1[nH]c(=O)n([C@@H]2O[C@@H](CF)[C@@H](O)[C@H]2O)cc1Br. The Hall–Kier alpha value is -1.03. The highest BCUT2D eigenvalue weighted by molar-refractivity contribution is 9.10. The summed E-state index contributed by atoms with van der Waals surface area (Å²) in [6, 6.07) is 0. The Kier molecular flexibility index (Phi) is 3.66. The largest absolute Gasteiger partial charge is 0.387 e. The van der Waals surface area contributed by atoms with Gasteiger partial charge >= 0.3 is 5.69 Å². The maximum absolute atomic E-state index is 12.5. The van der Waals surface area contributed by atoms with Gasteiger partial charge in [0.05, 0.1) is 4.47 Å². The fourth-order valence-electron chi connectivity index (χ4n) is 1.74. The molecule has 1 saturated heterocycles. The number of H-pyrrole nitrogens is 1. The highest BCUT2D eigenvalue weighted by atomic mass is 79.9. The van der Waals surface area contributed by atoms with Crippen molar-refractivity contribution in [2.75, 3.05) is 6.67 Å². The van der Waals surface area contributed by atoms with Crippen LogP contribution in [0, 0.1) is 0 Å². The molecule has 0 aromatic carbocycles. The number of aromatic nitrogens is 2. The molecule has 0 bridgehead atoms. The minimum Gasteiger partial charge on any atom is -0.387 e. The molecule has 7 nitrogen and oxygen atoms in total. The minimum atomic E-state index is -1.46. The highest BCUT2D eigenvalue weighted by Gasteiger charge is 2.44. The van der Waals surface area contributed by atoms with Crippen LogP contribution in [0.2, 0.25) is 0 Å². The fourth-order valence-corrected chi connectivity index (χ4v) is 2.06. The lowest BCUT2D eigenvalue weighted by Crippen LogP contribution is -2.38. The van der Waals surface area contributed by atoms with Crippen molar-refractivity contribution in [3.8, 4) is 0 Å². The van der Waals surface area contributed by atoms with Crippen LogP contribution in [0.25, 0.3) is 0 Å². The summed E-state index contributed by atoms with van der Waals surface area (Å²) in [6.45, 7) is -0.992. The van der Waals surface area contributed by atoms with Crippen LogP contribution in [-0.4, -0.2) is 44.8 Å². The van der Waals surface area contributed by atoms with E-state index in [2.05, 4.69) is 15.9 Å². The Bertz CT molecular complexity index is 559. The highest BCUT2D eigenvalue weighted by Crippen LogP contribution is 2.28. The summed E-state index contributed by atoms with van der Waals surface area (Å²) in [7, 11) is 0. The summed E-state index contributed by atoms with van der Waals surface area (Å²) < 4.78 is 18.5. The minimum absolute atomic E-state index is 0.0519. The number of hydrogen-bond donors (Lipinski definition) is 3. The zero-order valence-corrected chi connectivity index (χ0v) is 10.5. The summed E-state index contributed by atoms with van der Waals surface area (Å²) in [4.78, 5) is 24.7. The monoisotopic (exact) mass is 324 g/mol. The molecule has 0 radical (unpaired) electrons. The molecule has 0 saturated carbocycles. The average molecular weight is 325 g/mol. The number of aromatic amines is 1. The van der Waals surface area contributed by atoms with E-state index in [9.17, 15) is 24.2 Å². The van der Waals surface area contributed by atoms with Gasteiger partial charge < -0.3 is 14.9 Å². The molecule has 0 unspecified atom stereocenters. The molecule has 1 fully saturated rings. The lowest BCUT2D eigenvalue weighted by molar-refractivity contribution is -0.0456. The van der Waals surface area contributed by atoms with Gasteiger partial charge in [-0.25, -0.2) is 9.18 Å². The molecule has 2 heterocycles. The summed E-state index contributed by atoms with van der Waals surface area (Å²) in [5, 5.41) is 19.2. The predicted molar refractivity (Wildman–Crippen MR) is 60.9 cm³/mol. The third kappa shape index (κ3) is 2.14. The zero-order chi connectivity index (χ0) is 13.4. The molecule has 1 aliphatic rings. The first-order chi connectivity index (χ1) is 8.45. The molecule has 0 amide bonds. The molecule has 4 atom stereocenters. The van der Waals surface area contributed by atoms with Gasteiger partial charge in [0.1, 0.15) is 25.0 Å². The second kappa shape index (κ2) is 4.92. The molecular formula is C9H10BrFN2O5. The lowest BCUT2D eigenvalue weighted by Gasteiger charge is -2.17. The molecule has 0 aliphatic carbocycles. The average Bonchev–Trinajstić information content (AvgIpc) is 2.61. The number of nitrogens with zero attached hydrogens (tertiary/aromatic N) is 1. The van der Waals surface area contributed by atoms with Gasteiger partial charge in [-0.2, -0.15) is 0 Å². The van der Waals surface area contributed by atoms with Gasteiger partial charge in [0.25, 0.3) is 5.56 Å². The number of halogens is 2. The van der Waals surface area contributed by atoms with Crippen molar-refractivity contribution >= 4 is 15.9 Å². The second-order valence-corrected chi connectivity index (χ2v) is 4.70. The zero-order valence-electron chi connectivity index (χ0n) is 8.92. The van der Waals surface area contributed by atoms with E-state index in [0.29, 0.717) is 0 Å². The van der Waals surface area contributed by atoms with Crippen molar-refractivity contribution in [2.45, 2.75) is 24.5 Å². The first kappa shape index (κ1) is 13.4. The van der Waals surface area contributed by atoms with E-state index in [4.69, 9.17) is 4.74 Å². The predicted octanol–water partition coefficient (Wildman–Crippen LogP) is -1.11. The summed E-state index contributed by atoms with van der Waals surface area (Å²) in [5.41, 5.74) is -1.45. The number of nitrogens with one attached hydrogen (secondary N) is 1. The number of alkyl halides is 1. The molecule has 1 aliphatic heterocycles. The molecule has 18 heavy (non-hydrogen) atoms. The first-order valence-corrected chi connectivity index (χ1v) is 5.83. The van der Waals surface area contributed by atoms with E-state index < -0.39 is 42.5 Å².